The smallest absolute Gasteiger partial charge is 0.252 e. The van der Waals surface area contributed by atoms with E-state index in [0.29, 0.717) is 17.8 Å². The highest BCUT2D eigenvalue weighted by atomic mass is 16.1. The van der Waals surface area contributed by atoms with Crippen molar-refractivity contribution in [2.75, 3.05) is 5.32 Å². The molecule has 1 amide bonds. The highest BCUT2D eigenvalue weighted by Crippen LogP contribution is 2.22. The van der Waals surface area contributed by atoms with Crippen molar-refractivity contribution in [3.8, 4) is 11.3 Å². The van der Waals surface area contributed by atoms with Crippen LogP contribution in [0, 0.1) is 0 Å². The molecule has 0 atom stereocenters. The van der Waals surface area contributed by atoms with Crippen molar-refractivity contribution in [2.24, 2.45) is 5.73 Å². The van der Waals surface area contributed by atoms with Crippen LogP contribution in [0.15, 0.2) is 67.1 Å². The van der Waals surface area contributed by atoms with Gasteiger partial charge in [-0.1, -0.05) is 30.3 Å². The molecule has 4 aromatic rings. The second-order valence-corrected chi connectivity index (χ2v) is 5.76. The molecule has 1 aromatic carbocycles. The quantitative estimate of drug-likeness (QED) is 0.580. The first-order valence-corrected chi connectivity index (χ1v) is 8.09. The Hall–Kier alpha value is -3.74. The highest BCUT2D eigenvalue weighted by molar-refractivity contribution is 5.99. The first kappa shape index (κ1) is 15.8. The molecule has 0 fully saturated rings. The molecule has 0 aliphatic carbocycles. The Morgan fingerprint density at radius 1 is 1.04 bits per heavy atom. The van der Waals surface area contributed by atoms with Crippen LogP contribution in [0.5, 0.6) is 0 Å². The van der Waals surface area contributed by atoms with Gasteiger partial charge in [-0.3, -0.25) is 4.79 Å². The molecule has 0 radical (unpaired) electrons. The number of benzene rings is 1. The summed E-state index contributed by atoms with van der Waals surface area (Å²) < 4.78 is 1.63. The van der Waals surface area contributed by atoms with Gasteiger partial charge >= 0.3 is 0 Å². The number of rotatable bonds is 5. The summed E-state index contributed by atoms with van der Waals surface area (Å²) in [5, 5.41) is 7.49. The standard InChI is InChI=1S/C19H16N6O/c20-18(26)15-8-9-16(25-19(15)23-12-24-25)14-6-4-13(5-7-14)11-22-17-3-1-2-10-21-17/h1-10,12H,11H2,(H2,20,26)(H,21,22). The maximum Gasteiger partial charge on any atom is 0.252 e. The van der Waals surface area contributed by atoms with Gasteiger partial charge < -0.3 is 11.1 Å². The van der Waals surface area contributed by atoms with Gasteiger partial charge in [0, 0.05) is 18.3 Å². The second-order valence-electron chi connectivity index (χ2n) is 5.76. The third-order valence-electron chi connectivity index (χ3n) is 4.08. The number of aromatic nitrogens is 4. The van der Waals surface area contributed by atoms with E-state index < -0.39 is 5.91 Å². The zero-order chi connectivity index (χ0) is 17.9. The normalized spacial score (nSPS) is 10.8. The molecule has 128 valence electrons. The van der Waals surface area contributed by atoms with Gasteiger partial charge in [0.25, 0.3) is 5.91 Å². The second kappa shape index (κ2) is 6.64. The zero-order valence-electron chi connectivity index (χ0n) is 13.8. The summed E-state index contributed by atoms with van der Waals surface area (Å²) in [6.07, 6.45) is 3.17. The van der Waals surface area contributed by atoms with Gasteiger partial charge in [0.15, 0.2) is 5.65 Å². The topological polar surface area (TPSA) is 98.2 Å². The van der Waals surface area contributed by atoms with Crippen LogP contribution in [-0.4, -0.2) is 25.5 Å². The monoisotopic (exact) mass is 344 g/mol. The fraction of sp³-hybridized carbons (Fsp3) is 0.0526. The molecule has 0 aliphatic rings. The summed E-state index contributed by atoms with van der Waals surface area (Å²) >= 11 is 0. The summed E-state index contributed by atoms with van der Waals surface area (Å²) in [6, 6.07) is 17.3. The maximum absolute atomic E-state index is 11.5. The van der Waals surface area contributed by atoms with E-state index in [1.165, 1.54) is 6.33 Å². The number of fused-ring (bicyclic) bond motifs is 1. The predicted octanol–water partition coefficient (Wildman–Crippen LogP) is 2.50. The minimum absolute atomic E-state index is 0.349. The average Bonchev–Trinajstić information content (AvgIpc) is 3.16. The Bertz CT molecular complexity index is 1060. The Kier molecular flexibility index (Phi) is 4.03. The molecule has 0 saturated heterocycles. The number of primary amides is 1. The van der Waals surface area contributed by atoms with E-state index in [4.69, 9.17) is 5.73 Å². The molecule has 3 aromatic heterocycles. The molecular weight excluding hydrogens is 328 g/mol. The van der Waals surface area contributed by atoms with Crippen LogP contribution < -0.4 is 11.1 Å². The van der Waals surface area contributed by atoms with Crippen LogP contribution in [0.4, 0.5) is 5.82 Å². The number of carbonyl (C=O) groups excluding carboxylic acids is 1. The van der Waals surface area contributed by atoms with E-state index >= 15 is 0 Å². The lowest BCUT2D eigenvalue weighted by Gasteiger charge is -2.09. The molecule has 7 nitrogen and oxygen atoms in total. The van der Waals surface area contributed by atoms with Gasteiger partial charge in [0.2, 0.25) is 0 Å². The summed E-state index contributed by atoms with van der Waals surface area (Å²) in [5.74, 6) is 0.313. The molecule has 0 saturated carbocycles. The molecule has 26 heavy (non-hydrogen) atoms. The van der Waals surface area contributed by atoms with E-state index in [0.717, 1.165) is 22.6 Å². The summed E-state index contributed by atoms with van der Waals surface area (Å²) in [6.45, 7) is 0.677. The van der Waals surface area contributed by atoms with Crippen molar-refractivity contribution in [1.82, 2.24) is 19.6 Å². The number of carbonyl (C=O) groups is 1. The minimum Gasteiger partial charge on any atom is -0.366 e. The molecule has 3 N–H and O–H groups in total. The van der Waals surface area contributed by atoms with Crippen LogP contribution >= 0.6 is 0 Å². The van der Waals surface area contributed by atoms with Crippen molar-refractivity contribution in [1.29, 1.82) is 0 Å². The largest absolute Gasteiger partial charge is 0.366 e. The van der Waals surface area contributed by atoms with Crippen molar-refractivity contribution in [3.05, 3.63) is 78.2 Å². The van der Waals surface area contributed by atoms with Crippen LogP contribution in [0.2, 0.25) is 0 Å². The predicted molar refractivity (Wildman–Crippen MR) is 98.5 cm³/mol. The van der Waals surface area contributed by atoms with Crippen molar-refractivity contribution in [2.45, 2.75) is 6.54 Å². The molecule has 0 bridgehead atoms. The first-order valence-electron chi connectivity index (χ1n) is 8.09. The van der Waals surface area contributed by atoms with Crippen molar-refractivity contribution >= 4 is 17.4 Å². The molecule has 0 aliphatic heterocycles. The molecule has 3 heterocycles. The molecule has 0 spiro atoms. The van der Waals surface area contributed by atoms with Crippen LogP contribution in [0.3, 0.4) is 0 Å². The molecule has 4 rings (SSSR count). The van der Waals surface area contributed by atoms with Crippen LogP contribution in [0.1, 0.15) is 15.9 Å². The van der Waals surface area contributed by atoms with Gasteiger partial charge in [0.05, 0.1) is 11.3 Å². The Labute approximate surface area is 149 Å². The lowest BCUT2D eigenvalue weighted by atomic mass is 10.1. The lowest BCUT2D eigenvalue weighted by molar-refractivity contribution is 0.100. The number of hydrogen-bond acceptors (Lipinski definition) is 5. The van der Waals surface area contributed by atoms with E-state index in [-0.39, 0.29) is 0 Å². The Morgan fingerprint density at radius 3 is 2.62 bits per heavy atom. The fourth-order valence-corrected chi connectivity index (χ4v) is 2.77. The maximum atomic E-state index is 11.5. The molecule has 0 unspecified atom stereocenters. The van der Waals surface area contributed by atoms with Crippen LogP contribution in [0.25, 0.3) is 16.9 Å². The SMILES string of the molecule is NC(=O)c1ccc(-c2ccc(CNc3ccccn3)cc2)n2ncnc12. The van der Waals surface area contributed by atoms with E-state index in [2.05, 4.69) is 20.4 Å². The van der Waals surface area contributed by atoms with Gasteiger partial charge in [-0.2, -0.15) is 5.10 Å². The minimum atomic E-state index is -0.523. The Morgan fingerprint density at radius 2 is 1.88 bits per heavy atom. The van der Waals surface area contributed by atoms with Gasteiger partial charge in [-0.25, -0.2) is 14.5 Å². The van der Waals surface area contributed by atoms with Crippen molar-refractivity contribution < 1.29 is 4.79 Å². The van der Waals surface area contributed by atoms with Gasteiger partial charge in [0.1, 0.15) is 12.1 Å². The first-order chi connectivity index (χ1) is 12.7. The summed E-state index contributed by atoms with van der Waals surface area (Å²) in [4.78, 5) is 19.9. The van der Waals surface area contributed by atoms with E-state index in [1.807, 2.05) is 48.5 Å². The number of pyridine rings is 2. The number of nitrogens with zero attached hydrogens (tertiary/aromatic N) is 4. The number of anilines is 1. The zero-order valence-corrected chi connectivity index (χ0v) is 13.8. The third kappa shape index (κ3) is 2.98. The Balaban J connectivity index is 1.59. The van der Waals surface area contributed by atoms with Crippen LogP contribution in [-0.2, 0) is 6.54 Å². The number of nitrogens with two attached hydrogens (primary N) is 1. The number of nitrogens with one attached hydrogen (secondary N) is 1. The number of hydrogen-bond donors (Lipinski definition) is 2. The molecular formula is C19H16N6O. The average molecular weight is 344 g/mol. The van der Waals surface area contributed by atoms with E-state index in [1.54, 1.807) is 16.8 Å². The van der Waals surface area contributed by atoms with Crippen molar-refractivity contribution in [3.63, 3.8) is 0 Å². The van der Waals surface area contributed by atoms with E-state index in [9.17, 15) is 4.79 Å². The highest BCUT2D eigenvalue weighted by Gasteiger charge is 2.13. The summed E-state index contributed by atoms with van der Waals surface area (Å²) in [5.41, 5.74) is 9.14. The third-order valence-corrected chi connectivity index (χ3v) is 4.08. The lowest BCUT2D eigenvalue weighted by Crippen LogP contribution is -2.13. The number of amides is 1. The fourth-order valence-electron chi connectivity index (χ4n) is 2.77. The molecule has 7 heteroatoms. The summed E-state index contributed by atoms with van der Waals surface area (Å²) in [7, 11) is 0. The van der Waals surface area contributed by atoms with Gasteiger partial charge in [-0.15, -0.1) is 0 Å². The van der Waals surface area contributed by atoms with Gasteiger partial charge in [-0.05, 0) is 29.8 Å².